The van der Waals surface area contributed by atoms with Gasteiger partial charge >= 0.3 is 0 Å². The number of benzene rings is 1. The molecule has 0 bridgehead atoms. The van der Waals surface area contributed by atoms with Crippen LogP contribution >= 0.6 is 0 Å². The van der Waals surface area contributed by atoms with Gasteiger partial charge < -0.3 is 10.5 Å². The van der Waals surface area contributed by atoms with Crippen molar-refractivity contribution in [1.82, 2.24) is 0 Å². The monoisotopic (exact) mass is 222 g/mol. The molecule has 0 aromatic heterocycles. The quantitative estimate of drug-likeness (QED) is 0.797. The fourth-order valence-corrected chi connectivity index (χ4v) is 1.14. The SMILES string of the molecule is CC(C)(C#N)CCOc1c(N)cccc1F. The average molecular weight is 222 g/mol. The van der Waals surface area contributed by atoms with Crippen molar-refractivity contribution in [3.63, 3.8) is 0 Å². The summed E-state index contributed by atoms with van der Waals surface area (Å²) in [6, 6.07) is 6.55. The van der Waals surface area contributed by atoms with E-state index in [9.17, 15) is 4.39 Å². The maximum atomic E-state index is 13.3. The highest BCUT2D eigenvalue weighted by atomic mass is 19.1. The molecule has 86 valence electrons. The highest BCUT2D eigenvalue weighted by molar-refractivity contribution is 5.52. The largest absolute Gasteiger partial charge is 0.488 e. The normalized spacial score (nSPS) is 10.9. The second kappa shape index (κ2) is 4.84. The molecular weight excluding hydrogens is 207 g/mol. The van der Waals surface area contributed by atoms with Crippen LogP contribution in [-0.4, -0.2) is 6.61 Å². The molecule has 0 fully saturated rings. The lowest BCUT2D eigenvalue weighted by atomic mass is 9.92. The third-order valence-corrected chi connectivity index (χ3v) is 2.27. The van der Waals surface area contributed by atoms with Crippen LogP contribution in [0.3, 0.4) is 0 Å². The molecule has 16 heavy (non-hydrogen) atoms. The summed E-state index contributed by atoms with van der Waals surface area (Å²) in [5.74, 6) is -0.411. The molecular formula is C12H15FN2O. The summed E-state index contributed by atoms with van der Waals surface area (Å²) in [4.78, 5) is 0. The predicted molar refractivity (Wildman–Crippen MR) is 60.3 cm³/mol. The maximum absolute atomic E-state index is 13.3. The molecule has 0 saturated carbocycles. The van der Waals surface area contributed by atoms with Gasteiger partial charge in [-0.3, -0.25) is 0 Å². The van der Waals surface area contributed by atoms with Gasteiger partial charge in [0.05, 0.1) is 23.8 Å². The molecule has 2 N–H and O–H groups in total. The molecule has 0 aliphatic heterocycles. The average Bonchev–Trinajstić information content (AvgIpc) is 2.22. The molecule has 0 atom stereocenters. The van der Waals surface area contributed by atoms with Crippen LogP contribution in [-0.2, 0) is 0 Å². The van der Waals surface area contributed by atoms with Gasteiger partial charge in [0, 0.05) is 0 Å². The van der Waals surface area contributed by atoms with Crippen molar-refractivity contribution in [1.29, 1.82) is 5.26 Å². The van der Waals surface area contributed by atoms with E-state index in [0.717, 1.165) is 0 Å². The van der Waals surface area contributed by atoms with E-state index in [1.165, 1.54) is 12.1 Å². The Balaban J connectivity index is 2.60. The van der Waals surface area contributed by atoms with Gasteiger partial charge in [-0.05, 0) is 32.4 Å². The van der Waals surface area contributed by atoms with Gasteiger partial charge in [-0.2, -0.15) is 5.26 Å². The second-order valence-electron chi connectivity index (χ2n) is 4.25. The first-order valence-electron chi connectivity index (χ1n) is 5.04. The zero-order valence-electron chi connectivity index (χ0n) is 9.46. The van der Waals surface area contributed by atoms with E-state index in [0.29, 0.717) is 6.42 Å². The summed E-state index contributed by atoms with van der Waals surface area (Å²) in [5.41, 5.74) is 5.37. The smallest absolute Gasteiger partial charge is 0.177 e. The topological polar surface area (TPSA) is 59.0 Å². The molecule has 4 heteroatoms. The van der Waals surface area contributed by atoms with Gasteiger partial charge in [0.2, 0.25) is 0 Å². The van der Waals surface area contributed by atoms with Crippen LogP contribution in [0.5, 0.6) is 5.75 Å². The molecule has 0 amide bonds. The van der Waals surface area contributed by atoms with Crippen molar-refractivity contribution in [2.45, 2.75) is 20.3 Å². The van der Waals surface area contributed by atoms with Crippen molar-refractivity contribution in [3.8, 4) is 11.8 Å². The minimum Gasteiger partial charge on any atom is -0.488 e. The molecule has 1 aromatic carbocycles. The summed E-state index contributed by atoms with van der Waals surface area (Å²) in [6.07, 6.45) is 0.525. The number of rotatable bonds is 4. The molecule has 0 aliphatic carbocycles. The Labute approximate surface area is 94.6 Å². The molecule has 0 radical (unpaired) electrons. The van der Waals surface area contributed by atoms with E-state index in [2.05, 4.69) is 6.07 Å². The van der Waals surface area contributed by atoms with Gasteiger partial charge in [-0.15, -0.1) is 0 Å². The zero-order valence-corrected chi connectivity index (χ0v) is 9.46. The van der Waals surface area contributed by atoms with E-state index in [-0.39, 0.29) is 18.0 Å². The van der Waals surface area contributed by atoms with E-state index >= 15 is 0 Å². The third-order valence-electron chi connectivity index (χ3n) is 2.27. The van der Waals surface area contributed by atoms with E-state index in [4.69, 9.17) is 15.7 Å². The van der Waals surface area contributed by atoms with Crippen LogP contribution < -0.4 is 10.5 Å². The summed E-state index contributed by atoms with van der Waals surface area (Å²) < 4.78 is 18.5. The van der Waals surface area contributed by atoms with Gasteiger partial charge in [-0.1, -0.05) is 6.07 Å². The first-order valence-corrected chi connectivity index (χ1v) is 5.04. The van der Waals surface area contributed by atoms with Crippen LogP contribution in [0.25, 0.3) is 0 Å². The van der Waals surface area contributed by atoms with E-state index in [1.54, 1.807) is 19.9 Å². The standard InChI is InChI=1S/C12H15FN2O/c1-12(2,8-14)6-7-16-11-9(13)4-3-5-10(11)15/h3-5H,6-7,15H2,1-2H3. The lowest BCUT2D eigenvalue weighted by molar-refractivity contribution is 0.256. The van der Waals surface area contributed by atoms with Crippen molar-refractivity contribution in [2.24, 2.45) is 5.41 Å². The number of hydrogen-bond acceptors (Lipinski definition) is 3. The number of nitriles is 1. The molecule has 0 aliphatic rings. The van der Waals surface area contributed by atoms with Crippen molar-refractivity contribution < 1.29 is 9.13 Å². The van der Waals surface area contributed by atoms with E-state index < -0.39 is 11.2 Å². The van der Waals surface area contributed by atoms with Gasteiger partial charge in [0.1, 0.15) is 0 Å². The molecule has 0 heterocycles. The lowest BCUT2D eigenvalue weighted by Gasteiger charge is -2.16. The number of nitrogen functional groups attached to an aromatic ring is 1. The number of ether oxygens (including phenoxy) is 1. The fourth-order valence-electron chi connectivity index (χ4n) is 1.14. The summed E-state index contributed by atoms with van der Waals surface area (Å²) in [5, 5.41) is 8.80. The van der Waals surface area contributed by atoms with Crippen molar-refractivity contribution in [2.75, 3.05) is 12.3 Å². The first-order chi connectivity index (χ1) is 7.46. The molecule has 1 rings (SSSR count). The lowest BCUT2D eigenvalue weighted by Crippen LogP contribution is -2.14. The zero-order chi connectivity index (χ0) is 12.2. The van der Waals surface area contributed by atoms with Crippen LogP contribution in [0.2, 0.25) is 0 Å². The Morgan fingerprint density at radius 3 is 2.75 bits per heavy atom. The maximum Gasteiger partial charge on any atom is 0.177 e. The number of nitrogens with two attached hydrogens (primary N) is 1. The molecule has 0 spiro atoms. The van der Waals surface area contributed by atoms with Crippen molar-refractivity contribution in [3.05, 3.63) is 24.0 Å². The number of anilines is 1. The second-order valence-corrected chi connectivity index (χ2v) is 4.25. The van der Waals surface area contributed by atoms with Crippen LogP contribution in [0.1, 0.15) is 20.3 Å². The molecule has 0 saturated heterocycles. The van der Waals surface area contributed by atoms with Gasteiger partial charge in [0.25, 0.3) is 0 Å². The number of para-hydroxylation sites is 1. The first kappa shape index (κ1) is 12.3. The Bertz CT molecular complexity index is 390. The summed E-state index contributed by atoms with van der Waals surface area (Å²) >= 11 is 0. The molecule has 1 aromatic rings. The molecule has 3 nitrogen and oxygen atoms in total. The van der Waals surface area contributed by atoms with Gasteiger partial charge in [-0.25, -0.2) is 4.39 Å². The Hall–Kier alpha value is -1.76. The predicted octanol–water partition coefficient (Wildman–Crippen LogP) is 2.73. The van der Waals surface area contributed by atoms with Crippen LogP contribution in [0, 0.1) is 22.6 Å². The van der Waals surface area contributed by atoms with Crippen LogP contribution in [0.15, 0.2) is 18.2 Å². The van der Waals surface area contributed by atoms with Gasteiger partial charge in [0.15, 0.2) is 11.6 Å². The molecule has 0 unspecified atom stereocenters. The highest BCUT2D eigenvalue weighted by Gasteiger charge is 2.17. The third kappa shape index (κ3) is 3.13. The number of halogens is 1. The minimum absolute atomic E-state index is 0.0660. The Morgan fingerprint density at radius 1 is 1.50 bits per heavy atom. The van der Waals surface area contributed by atoms with Crippen molar-refractivity contribution >= 4 is 5.69 Å². The highest BCUT2D eigenvalue weighted by Crippen LogP contribution is 2.26. The summed E-state index contributed by atoms with van der Waals surface area (Å²) in [6.45, 7) is 3.88. The Kier molecular flexibility index (Phi) is 3.73. The number of hydrogen-bond donors (Lipinski definition) is 1. The van der Waals surface area contributed by atoms with Crippen LogP contribution in [0.4, 0.5) is 10.1 Å². The fraction of sp³-hybridized carbons (Fsp3) is 0.417. The summed E-state index contributed by atoms with van der Waals surface area (Å²) in [7, 11) is 0. The number of nitrogens with zero attached hydrogens (tertiary/aromatic N) is 1. The Morgan fingerprint density at radius 2 is 2.19 bits per heavy atom. The minimum atomic E-state index is -0.477. The van der Waals surface area contributed by atoms with E-state index in [1.807, 2.05) is 0 Å².